The molecule has 2 aromatic carbocycles. The topological polar surface area (TPSA) is 108 Å². The van der Waals surface area contributed by atoms with Crippen LogP contribution >= 0.6 is 0 Å². The van der Waals surface area contributed by atoms with E-state index in [1.165, 1.54) is 12.1 Å². The van der Waals surface area contributed by atoms with E-state index in [1.807, 2.05) is 26.0 Å². The van der Waals surface area contributed by atoms with Gasteiger partial charge in [0.1, 0.15) is 6.04 Å². The molecule has 0 saturated carbocycles. The lowest BCUT2D eigenvalue weighted by Crippen LogP contribution is -2.41. The highest BCUT2D eigenvalue weighted by Crippen LogP contribution is 2.30. The van der Waals surface area contributed by atoms with Gasteiger partial charge in [-0.25, -0.2) is 4.79 Å². The summed E-state index contributed by atoms with van der Waals surface area (Å²) >= 11 is 0. The van der Waals surface area contributed by atoms with Gasteiger partial charge in [-0.3, -0.25) is 9.59 Å². The van der Waals surface area contributed by atoms with Gasteiger partial charge in [0.25, 0.3) is 0 Å². The first-order valence-corrected chi connectivity index (χ1v) is 8.15. The highest BCUT2D eigenvalue weighted by molar-refractivity contribution is 6.06. The molecule has 1 atom stereocenters. The van der Waals surface area contributed by atoms with Crippen LogP contribution in [0.15, 0.2) is 36.4 Å². The maximum absolute atomic E-state index is 12.3. The maximum Gasteiger partial charge on any atom is 0.335 e. The Morgan fingerprint density at radius 1 is 1.12 bits per heavy atom. The first-order valence-electron chi connectivity index (χ1n) is 8.15. The molecule has 2 amide bonds. The van der Waals surface area contributed by atoms with Gasteiger partial charge in [0.05, 0.1) is 23.4 Å². The van der Waals surface area contributed by atoms with Crippen LogP contribution < -0.4 is 16.0 Å². The number of fused-ring (bicyclic) bond motifs is 1. The fourth-order valence-corrected chi connectivity index (χ4v) is 2.78. The molecule has 7 nitrogen and oxygen atoms in total. The molecular weight excluding hydrogens is 334 g/mol. The molecular formula is C19H19N3O4. The Kier molecular flexibility index (Phi) is 4.62. The van der Waals surface area contributed by atoms with Gasteiger partial charge in [-0.05, 0) is 55.3 Å². The second-order valence-corrected chi connectivity index (χ2v) is 6.31. The molecule has 0 radical (unpaired) electrons. The fourth-order valence-electron chi connectivity index (χ4n) is 2.78. The standard InChI is InChI=1S/C19H19N3O4/c1-10-6-14-15(7-11(10)2)22-18(24)16(21-14)9-17(23)20-13-5-3-4-12(8-13)19(25)26/h3-8,16,21H,9H2,1-2H3,(H,20,23)(H,22,24)(H,25,26)/t16-/m0/s1. The molecule has 0 bridgehead atoms. The van der Waals surface area contributed by atoms with Crippen LogP contribution in [0.25, 0.3) is 0 Å². The predicted molar refractivity (Wildman–Crippen MR) is 98.6 cm³/mol. The van der Waals surface area contributed by atoms with Crippen LogP contribution in [0, 0.1) is 13.8 Å². The van der Waals surface area contributed by atoms with Crippen molar-refractivity contribution in [2.75, 3.05) is 16.0 Å². The van der Waals surface area contributed by atoms with Gasteiger partial charge in [0.15, 0.2) is 0 Å². The Morgan fingerprint density at radius 3 is 2.50 bits per heavy atom. The minimum absolute atomic E-state index is 0.0739. The Labute approximate surface area is 150 Å². The molecule has 134 valence electrons. The second kappa shape index (κ2) is 6.87. The summed E-state index contributed by atoms with van der Waals surface area (Å²) in [6, 6.07) is 9.08. The van der Waals surface area contributed by atoms with Crippen molar-refractivity contribution in [3.63, 3.8) is 0 Å². The Bertz CT molecular complexity index is 908. The van der Waals surface area contributed by atoms with E-state index in [0.29, 0.717) is 11.4 Å². The Balaban J connectivity index is 1.69. The van der Waals surface area contributed by atoms with Crippen molar-refractivity contribution in [3.05, 3.63) is 53.1 Å². The zero-order chi connectivity index (χ0) is 18.8. The molecule has 0 aliphatic carbocycles. The number of rotatable bonds is 4. The minimum Gasteiger partial charge on any atom is -0.478 e. The molecule has 1 heterocycles. The number of hydrogen-bond acceptors (Lipinski definition) is 4. The molecule has 1 aliphatic heterocycles. The number of aromatic carboxylic acids is 1. The highest BCUT2D eigenvalue weighted by Gasteiger charge is 2.28. The van der Waals surface area contributed by atoms with Gasteiger partial charge in [0.2, 0.25) is 11.8 Å². The van der Waals surface area contributed by atoms with Crippen LogP contribution in [0.3, 0.4) is 0 Å². The molecule has 0 fully saturated rings. The van der Waals surface area contributed by atoms with Gasteiger partial charge < -0.3 is 21.1 Å². The lowest BCUT2D eigenvalue weighted by atomic mass is 10.0. The number of nitrogens with one attached hydrogen (secondary N) is 3. The van der Waals surface area contributed by atoms with E-state index in [4.69, 9.17) is 5.11 Å². The summed E-state index contributed by atoms with van der Waals surface area (Å²) in [6.07, 6.45) is -0.0739. The van der Waals surface area contributed by atoms with Crippen molar-refractivity contribution in [1.82, 2.24) is 0 Å². The van der Waals surface area contributed by atoms with E-state index in [-0.39, 0.29) is 23.8 Å². The number of anilines is 3. The van der Waals surface area contributed by atoms with Crippen molar-refractivity contribution >= 4 is 34.8 Å². The van der Waals surface area contributed by atoms with E-state index in [2.05, 4.69) is 16.0 Å². The third kappa shape index (κ3) is 3.66. The smallest absolute Gasteiger partial charge is 0.335 e. The monoisotopic (exact) mass is 353 g/mol. The number of carbonyl (C=O) groups is 3. The third-order valence-electron chi connectivity index (χ3n) is 4.32. The largest absolute Gasteiger partial charge is 0.478 e. The van der Waals surface area contributed by atoms with Crippen molar-refractivity contribution in [1.29, 1.82) is 0 Å². The van der Waals surface area contributed by atoms with Gasteiger partial charge >= 0.3 is 5.97 Å². The van der Waals surface area contributed by atoms with Crippen LogP contribution in [0.2, 0.25) is 0 Å². The summed E-state index contributed by atoms with van der Waals surface area (Å²) in [4.78, 5) is 35.5. The average molecular weight is 353 g/mol. The average Bonchev–Trinajstić information content (AvgIpc) is 2.57. The molecule has 2 aromatic rings. The number of carboxylic acid groups (broad SMARTS) is 1. The lowest BCUT2D eigenvalue weighted by Gasteiger charge is -2.27. The number of carbonyl (C=O) groups excluding carboxylic acids is 2. The second-order valence-electron chi connectivity index (χ2n) is 6.31. The van der Waals surface area contributed by atoms with Crippen LogP contribution in [-0.2, 0) is 9.59 Å². The molecule has 1 aliphatic rings. The first kappa shape index (κ1) is 17.5. The molecule has 0 aromatic heterocycles. The Hall–Kier alpha value is -3.35. The molecule has 0 saturated heterocycles. The third-order valence-corrected chi connectivity index (χ3v) is 4.32. The summed E-state index contributed by atoms with van der Waals surface area (Å²) in [6.45, 7) is 3.94. The highest BCUT2D eigenvalue weighted by atomic mass is 16.4. The molecule has 0 unspecified atom stereocenters. The number of hydrogen-bond donors (Lipinski definition) is 4. The van der Waals surface area contributed by atoms with E-state index in [9.17, 15) is 14.4 Å². The maximum atomic E-state index is 12.3. The van der Waals surface area contributed by atoms with Gasteiger partial charge in [0, 0.05) is 5.69 Å². The summed E-state index contributed by atoms with van der Waals surface area (Å²) in [5, 5.41) is 17.5. The minimum atomic E-state index is -1.07. The number of benzene rings is 2. The quantitative estimate of drug-likeness (QED) is 0.676. The van der Waals surface area contributed by atoms with E-state index in [0.717, 1.165) is 16.8 Å². The van der Waals surface area contributed by atoms with E-state index in [1.54, 1.807) is 12.1 Å². The van der Waals surface area contributed by atoms with Crippen molar-refractivity contribution in [3.8, 4) is 0 Å². The molecule has 4 N–H and O–H groups in total. The van der Waals surface area contributed by atoms with Crippen molar-refractivity contribution in [2.45, 2.75) is 26.3 Å². The van der Waals surface area contributed by atoms with E-state index < -0.39 is 12.0 Å². The van der Waals surface area contributed by atoms with Gasteiger partial charge in [-0.1, -0.05) is 6.07 Å². The molecule has 7 heteroatoms. The van der Waals surface area contributed by atoms with Crippen LogP contribution in [-0.4, -0.2) is 28.9 Å². The normalized spacial score (nSPS) is 15.5. The number of carboxylic acids is 1. The molecule has 0 spiro atoms. The van der Waals surface area contributed by atoms with Gasteiger partial charge in [-0.2, -0.15) is 0 Å². The molecule has 26 heavy (non-hydrogen) atoms. The number of amides is 2. The lowest BCUT2D eigenvalue weighted by molar-refractivity contribution is -0.122. The van der Waals surface area contributed by atoms with Crippen LogP contribution in [0.5, 0.6) is 0 Å². The predicted octanol–water partition coefficient (Wildman–Crippen LogP) is 2.76. The summed E-state index contributed by atoms with van der Waals surface area (Å²) < 4.78 is 0. The zero-order valence-electron chi connectivity index (χ0n) is 14.4. The van der Waals surface area contributed by atoms with Crippen LogP contribution in [0.1, 0.15) is 27.9 Å². The number of aryl methyl sites for hydroxylation is 2. The Morgan fingerprint density at radius 2 is 1.81 bits per heavy atom. The SMILES string of the molecule is Cc1cc2c(cc1C)N[C@@H](CC(=O)Nc1cccc(C(=O)O)c1)C(=O)N2. The summed E-state index contributed by atoms with van der Waals surface area (Å²) in [5.74, 6) is -1.74. The van der Waals surface area contributed by atoms with Gasteiger partial charge in [-0.15, -0.1) is 0 Å². The fraction of sp³-hybridized carbons (Fsp3) is 0.211. The summed E-state index contributed by atoms with van der Waals surface area (Å²) in [7, 11) is 0. The van der Waals surface area contributed by atoms with Crippen LogP contribution in [0.4, 0.5) is 17.1 Å². The zero-order valence-corrected chi connectivity index (χ0v) is 14.4. The van der Waals surface area contributed by atoms with E-state index >= 15 is 0 Å². The van der Waals surface area contributed by atoms with Crippen molar-refractivity contribution < 1.29 is 19.5 Å². The summed E-state index contributed by atoms with van der Waals surface area (Å²) in [5.41, 5.74) is 4.08. The first-order chi connectivity index (χ1) is 12.3. The van der Waals surface area contributed by atoms with Crippen molar-refractivity contribution in [2.24, 2.45) is 0 Å². The molecule has 3 rings (SSSR count).